The molecule has 0 bridgehead atoms. The number of benzene rings is 3. The van der Waals surface area contributed by atoms with Crippen LogP contribution >= 0.6 is 27.5 Å². The summed E-state index contributed by atoms with van der Waals surface area (Å²) in [6, 6.07) is 20.1. The van der Waals surface area contributed by atoms with Crippen LogP contribution in [0.1, 0.15) is 23.6 Å². The summed E-state index contributed by atoms with van der Waals surface area (Å²) in [6.07, 6.45) is 0. The first-order chi connectivity index (χ1) is 15.3. The van der Waals surface area contributed by atoms with Crippen LogP contribution in [0.2, 0.25) is 5.02 Å². The number of anilines is 1. The van der Waals surface area contributed by atoms with Crippen LogP contribution in [0.25, 0.3) is 0 Å². The van der Waals surface area contributed by atoms with Crippen molar-refractivity contribution >= 4 is 50.7 Å². The van der Waals surface area contributed by atoms with Gasteiger partial charge in [-0.15, -0.1) is 0 Å². The Morgan fingerprint density at radius 2 is 1.69 bits per heavy atom. The summed E-state index contributed by atoms with van der Waals surface area (Å²) in [5, 5.41) is 7.28. The van der Waals surface area contributed by atoms with Gasteiger partial charge in [0.15, 0.2) is 0 Å². The van der Waals surface area contributed by atoms with Gasteiger partial charge in [-0.3, -0.25) is 9.59 Å². The Kier molecular flexibility index (Phi) is 8.03. The predicted octanol–water partition coefficient (Wildman–Crippen LogP) is 5.47. The van der Waals surface area contributed by atoms with E-state index in [2.05, 4.69) is 31.8 Å². The molecule has 2 amide bonds. The van der Waals surface area contributed by atoms with Crippen molar-refractivity contribution in [2.45, 2.75) is 20.5 Å². The van der Waals surface area contributed by atoms with Gasteiger partial charge in [0, 0.05) is 15.2 Å². The van der Waals surface area contributed by atoms with Gasteiger partial charge in [0.25, 0.3) is 0 Å². The average Bonchev–Trinajstić information content (AvgIpc) is 2.79. The standard InChI is InChI=1S/C24H21BrClN3O3/c1-15-13-19(25)7-12-22(15)27-23(30)24(31)29-28-16(2)18-5-10-21(11-6-18)32-14-17-3-8-20(26)9-4-17/h3-13H,14H2,1-2H3,(H,27,30)(H,29,31)/b28-16+. The third-order valence-corrected chi connectivity index (χ3v) is 5.30. The molecule has 8 heteroatoms. The highest BCUT2D eigenvalue weighted by atomic mass is 79.9. The molecule has 0 radical (unpaired) electrons. The minimum Gasteiger partial charge on any atom is -0.489 e. The van der Waals surface area contributed by atoms with Gasteiger partial charge in [-0.2, -0.15) is 5.10 Å². The number of hydrogen-bond donors (Lipinski definition) is 2. The van der Waals surface area contributed by atoms with Gasteiger partial charge in [0.05, 0.1) is 5.71 Å². The first kappa shape index (κ1) is 23.5. The molecule has 3 aromatic carbocycles. The average molecular weight is 515 g/mol. The van der Waals surface area contributed by atoms with Crippen molar-refractivity contribution in [2.75, 3.05) is 5.32 Å². The van der Waals surface area contributed by atoms with Gasteiger partial charge in [-0.25, -0.2) is 5.43 Å². The normalized spacial score (nSPS) is 11.1. The molecule has 6 nitrogen and oxygen atoms in total. The number of hydrogen-bond acceptors (Lipinski definition) is 4. The summed E-state index contributed by atoms with van der Waals surface area (Å²) < 4.78 is 6.65. The minimum atomic E-state index is -0.852. The molecule has 0 saturated carbocycles. The van der Waals surface area contributed by atoms with E-state index in [4.69, 9.17) is 16.3 Å². The molecule has 0 aliphatic rings. The smallest absolute Gasteiger partial charge is 0.329 e. The molecule has 2 N–H and O–H groups in total. The second kappa shape index (κ2) is 10.9. The molecule has 3 aromatic rings. The number of halogens is 2. The van der Waals surface area contributed by atoms with Crippen molar-refractivity contribution in [3.8, 4) is 5.75 Å². The Morgan fingerprint density at radius 1 is 1.00 bits per heavy atom. The van der Waals surface area contributed by atoms with E-state index in [-0.39, 0.29) is 0 Å². The van der Waals surface area contributed by atoms with Crippen molar-refractivity contribution < 1.29 is 14.3 Å². The second-order valence-corrected chi connectivity index (χ2v) is 8.34. The van der Waals surface area contributed by atoms with Gasteiger partial charge in [-0.1, -0.05) is 39.7 Å². The first-order valence-electron chi connectivity index (χ1n) is 9.71. The number of aryl methyl sites for hydroxylation is 1. The number of nitrogens with one attached hydrogen (secondary N) is 2. The number of amides is 2. The maximum absolute atomic E-state index is 12.1. The van der Waals surface area contributed by atoms with Gasteiger partial charge in [-0.05, 0) is 85.1 Å². The molecule has 0 spiro atoms. The molecule has 0 aliphatic carbocycles. The zero-order valence-electron chi connectivity index (χ0n) is 17.5. The minimum absolute atomic E-state index is 0.423. The van der Waals surface area contributed by atoms with E-state index in [1.807, 2.05) is 61.5 Å². The van der Waals surface area contributed by atoms with Crippen LogP contribution in [-0.4, -0.2) is 17.5 Å². The first-order valence-corrected chi connectivity index (χ1v) is 10.9. The van der Waals surface area contributed by atoms with Crippen LogP contribution in [0, 0.1) is 6.92 Å². The van der Waals surface area contributed by atoms with Crippen molar-refractivity contribution in [1.29, 1.82) is 0 Å². The SMILES string of the molecule is C/C(=N\NC(=O)C(=O)Nc1ccc(Br)cc1C)c1ccc(OCc2ccc(Cl)cc2)cc1. The molecule has 0 saturated heterocycles. The van der Waals surface area contributed by atoms with Crippen LogP contribution < -0.4 is 15.5 Å². The topological polar surface area (TPSA) is 79.8 Å². The number of carbonyl (C=O) groups excluding carboxylic acids is 2. The summed E-state index contributed by atoms with van der Waals surface area (Å²) in [5.74, 6) is -0.947. The number of hydrazone groups is 1. The number of ether oxygens (including phenoxy) is 1. The molecule has 164 valence electrons. The van der Waals surface area contributed by atoms with E-state index < -0.39 is 11.8 Å². The van der Waals surface area contributed by atoms with Gasteiger partial charge < -0.3 is 10.1 Å². The van der Waals surface area contributed by atoms with E-state index in [9.17, 15) is 9.59 Å². The number of carbonyl (C=O) groups is 2. The second-order valence-electron chi connectivity index (χ2n) is 6.99. The lowest BCUT2D eigenvalue weighted by atomic mass is 10.1. The summed E-state index contributed by atoms with van der Waals surface area (Å²) in [7, 11) is 0. The Labute approximate surface area is 199 Å². The zero-order chi connectivity index (χ0) is 23.1. The van der Waals surface area contributed by atoms with E-state index in [1.165, 1.54) is 0 Å². The molecule has 32 heavy (non-hydrogen) atoms. The van der Waals surface area contributed by atoms with Crippen molar-refractivity contribution in [1.82, 2.24) is 5.43 Å². The molecule has 0 aromatic heterocycles. The lowest BCUT2D eigenvalue weighted by Gasteiger charge is -2.09. The zero-order valence-corrected chi connectivity index (χ0v) is 19.8. The quantitative estimate of drug-likeness (QED) is 0.260. The van der Waals surface area contributed by atoms with Crippen LogP contribution in [0.4, 0.5) is 5.69 Å². The molecule has 0 fully saturated rings. The molecule has 0 aliphatic heterocycles. The van der Waals surface area contributed by atoms with E-state index in [0.29, 0.717) is 28.8 Å². The molecular weight excluding hydrogens is 494 g/mol. The molecular formula is C24H21BrClN3O3. The summed E-state index contributed by atoms with van der Waals surface area (Å²) in [4.78, 5) is 24.2. The highest BCUT2D eigenvalue weighted by molar-refractivity contribution is 9.10. The maximum atomic E-state index is 12.1. The predicted molar refractivity (Wildman–Crippen MR) is 130 cm³/mol. The van der Waals surface area contributed by atoms with Crippen LogP contribution in [0.3, 0.4) is 0 Å². The fourth-order valence-electron chi connectivity index (χ4n) is 2.74. The number of nitrogens with zero attached hydrogens (tertiary/aromatic N) is 1. The van der Waals surface area contributed by atoms with Crippen molar-refractivity contribution in [3.63, 3.8) is 0 Å². The van der Waals surface area contributed by atoms with Crippen molar-refractivity contribution in [3.05, 3.63) is 92.9 Å². The lowest BCUT2D eigenvalue weighted by molar-refractivity contribution is -0.136. The Bertz CT molecular complexity index is 1150. The van der Waals surface area contributed by atoms with Crippen LogP contribution in [-0.2, 0) is 16.2 Å². The lowest BCUT2D eigenvalue weighted by Crippen LogP contribution is -2.33. The summed E-state index contributed by atoms with van der Waals surface area (Å²) >= 11 is 9.24. The van der Waals surface area contributed by atoms with Gasteiger partial charge >= 0.3 is 11.8 Å². The van der Waals surface area contributed by atoms with Gasteiger partial charge in [0.1, 0.15) is 12.4 Å². The third kappa shape index (κ3) is 6.67. The van der Waals surface area contributed by atoms with Gasteiger partial charge in [0.2, 0.25) is 0 Å². The molecule has 0 atom stereocenters. The molecule has 3 rings (SSSR count). The third-order valence-electron chi connectivity index (χ3n) is 4.56. The fourth-order valence-corrected chi connectivity index (χ4v) is 3.34. The van der Waals surface area contributed by atoms with E-state index in [1.54, 1.807) is 19.1 Å². The maximum Gasteiger partial charge on any atom is 0.329 e. The van der Waals surface area contributed by atoms with Crippen LogP contribution in [0.5, 0.6) is 5.75 Å². The monoisotopic (exact) mass is 513 g/mol. The Morgan fingerprint density at radius 3 is 2.34 bits per heavy atom. The van der Waals surface area contributed by atoms with E-state index >= 15 is 0 Å². The Balaban J connectivity index is 1.53. The summed E-state index contributed by atoms with van der Waals surface area (Å²) in [6.45, 7) is 4.00. The fraction of sp³-hybridized carbons (Fsp3) is 0.125. The number of rotatable bonds is 6. The van der Waals surface area contributed by atoms with Crippen LogP contribution in [0.15, 0.2) is 76.3 Å². The molecule has 0 heterocycles. The highest BCUT2D eigenvalue weighted by Gasteiger charge is 2.14. The van der Waals surface area contributed by atoms with E-state index in [0.717, 1.165) is 21.2 Å². The Hall–Kier alpha value is -3.16. The molecule has 0 unspecified atom stereocenters. The summed E-state index contributed by atoms with van der Waals surface area (Å²) in [5.41, 5.74) is 6.02. The largest absolute Gasteiger partial charge is 0.489 e. The highest BCUT2D eigenvalue weighted by Crippen LogP contribution is 2.20. The van der Waals surface area contributed by atoms with Crippen molar-refractivity contribution in [2.24, 2.45) is 5.10 Å².